The van der Waals surface area contributed by atoms with Crippen molar-refractivity contribution in [3.8, 4) is 0 Å². The van der Waals surface area contributed by atoms with Crippen LogP contribution in [-0.4, -0.2) is 61.0 Å². The topological polar surface area (TPSA) is 35.6 Å². The predicted molar refractivity (Wildman–Crippen MR) is 85.1 cm³/mol. The summed E-state index contributed by atoms with van der Waals surface area (Å²) >= 11 is 1.75. The number of nitrogens with one attached hydrogen (secondary N) is 1. The SMILES string of the molecule is O=C(c1cc2c(s1)CCCC2)N1CCN(C2CNC2)CC1. The van der Waals surface area contributed by atoms with Crippen LogP contribution in [0.2, 0.25) is 0 Å². The highest BCUT2D eigenvalue weighted by atomic mass is 32.1. The molecule has 0 saturated carbocycles. The van der Waals surface area contributed by atoms with Gasteiger partial charge in [-0.2, -0.15) is 0 Å². The molecule has 1 amide bonds. The lowest BCUT2D eigenvalue weighted by atomic mass is 9.99. The molecule has 0 spiro atoms. The van der Waals surface area contributed by atoms with Crippen LogP contribution in [0.3, 0.4) is 0 Å². The average Bonchev–Trinajstić information content (AvgIpc) is 2.89. The number of nitrogens with zero attached hydrogens (tertiary/aromatic N) is 2. The van der Waals surface area contributed by atoms with Crippen LogP contribution in [0.1, 0.15) is 33.0 Å². The smallest absolute Gasteiger partial charge is 0.264 e. The molecule has 3 aliphatic rings. The Morgan fingerprint density at radius 1 is 1.14 bits per heavy atom. The molecule has 0 bridgehead atoms. The number of hydrogen-bond acceptors (Lipinski definition) is 4. The molecule has 0 radical (unpaired) electrons. The third-order valence-corrected chi connectivity index (χ3v) is 6.31. The van der Waals surface area contributed by atoms with Crippen LogP contribution >= 0.6 is 11.3 Å². The molecule has 1 N–H and O–H groups in total. The molecule has 5 heteroatoms. The first-order valence-electron chi connectivity index (χ1n) is 8.17. The second kappa shape index (κ2) is 5.71. The van der Waals surface area contributed by atoms with Gasteiger partial charge in [-0.3, -0.25) is 9.69 Å². The van der Waals surface area contributed by atoms with Gasteiger partial charge in [0.25, 0.3) is 5.91 Å². The number of fused-ring (bicyclic) bond motifs is 1. The first-order valence-corrected chi connectivity index (χ1v) is 8.98. The second-order valence-electron chi connectivity index (χ2n) is 6.41. The van der Waals surface area contributed by atoms with Crippen LogP contribution in [0.5, 0.6) is 0 Å². The minimum absolute atomic E-state index is 0.265. The molecule has 0 atom stereocenters. The molecule has 21 heavy (non-hydrogen) atoms. The minimum Gasteiger partial charge on any atom is -0.335 e. The Labute approximate surface area is 130 Å². The maximum atomic E-state index is 12.7. The van der Waals surface area contributed by atoms with Gasteiger partial charge in [-0.05, 0) is 37.3 Å². The van der Waals surface area contributed by atoms with Crippen molar-refractivity contribution >= 4 is 17.2 Å². The molecule has 2 aliphatic heterocycles. The second-order valence-corrected chi connectivity index (χ2v) is 7.54. The van der Waals surface area contributed by atoms with Gasteiger partial charge in [0.1, 0.15) is 0 Å². The monoisotopic (exact) mass is 305 g/mol. The Hall–Kier alpha value is -0.910. The summed E-state index contributed by atoms with van der Waals surface area (Å²) in [7, 11) is 0. The molecule has 1 aliphatic carbocycles. The number of carbonyl (C=O) groups excluding carboxylic acids is 1. The van der Waals surface area contributed by atoms with Crippen molar-refractivity contribution in [1.82, 2.24) is 15.1 Å². The lowest BCUT2D eigenvalue weighted by Gasteiger charge is -2.43. The highest BCUT2D eigenvalue weighted by Crippen LogP contribution is 2.30. The highest BCUT2D eigenvalue weighted by molar-refractivity contribution is 7.14. The molecular weight excluding hydrogens is 282 g/mol. The standard InChI is InChI=1S/C16H23N3OS/c20-16(15-9-12-3-1-2-4-14(12)21-15)19-7-5-18(6-8-19)13-10-17-11-13/h9,13,17H,1-8,10-11H2. The van der Waals surface area contributed by atoms with E-state index in [2.05, 4.69) is 21.2 Å². The van der Waals surface area contributed by atoms with Gasteiger partial charge in [-0.15, -0.1) is 11.3 Å². The van der Waals surface area contributed by atoms with Gasteiger partial charge in [0, 0.05) is 50.2 Å². The predicted octanol–water partition coefficient (Wildman–Crippen LogP) is 1.36. The molecule has 4 rings (SSSR count). The van der Waals surface area contributed by atoms with Gasteiger partial charge in [0.05, 0.1) is 4.88 Å². The molecule has 1 aromatic heterocycles. The van der Waals surface area contributed by atoms with E-state index in [4.69, 9.17) is 0 Å². The fourth-order valence-electron chi connectivity index (χ4n) is 3.57. The van der Waals surface area contributed by atoms with Gasteiger partial charge in [0.2, 0.25) is 0 Å². The van der Waals surface area contributed by atoms with Gasteiger partial charge in [-0.1, -0.05) is 0 Å². The van der Waals surface area contributed by atoms with E-state index in [1.165, 1.54) is 36.1 Å². The van der Waals surface area contributed by atoms with Crippen molar-refractivity contribution in [2.45, 2.75) is 31.7 Å². The Morgan fingerprint density at radius 3 is 2.57 bits per heavy atom. The third kappa shape index (κ3) is 2.62. The number of aryl methyl sites for hydroxylation is 2. The largest absolute Gasteiger partial charge is 0.335 e. The van der Waals surface area contributed by atoms with Gasteiger partial charge < -0.3 is 10.2 Å². The third-order valence-electron chi connectivity index (χ3n) is 5.09. The summed E-state index contributed by atoms with van der Waals surface area (Å²) in [6, 6.07) is 2.88. The van der Waals surface area contributed by atoms with Crippen LogP contribution < -0.4 is 5.32 Å². The molecule has 2 fully saturated rings. The zero-order valence-corrected chi connectivity index (χ0v) is 13.3. The quantitative estimate of drug-likeness (QED) is 0.896. The molecule has 3 heterocycles. The van der Waals surface area contributed by atoms with Crippen LogP contribution in [0.4, 0.5) is 0 Å². The van der Waals surface area contributed by atoms with E-state index >= 15 is 0 Å². The van der Waals surface area contributed by atoms with Gasteiger partial charge in [0.15, 0.2) is 0 Å². The van der Waals surface area contributed by atoms with E-state index in [1.54, 1.807) is 11.3 Å². The number of amides is 1. The van der Waals surface area contributed by atoms with E-state index in [-0.39, 0.29) is 5.91 Å². The summed E-state index contributed by atoms with van der Waals surface area (Å²) in [5, 5.41) is 3.33. The molecular formula is C16H23N3OS. The van der Waals surface area contributed by atoms with E-state index < -0.39 is 0 Å². The Morgan fingerprint density at radius 2 is 1.90 bits per heavy atom. The van der Waals surface area contributed by atoms with E-state index in [0.717, 1.165) is 44.1 Å². The fourth-order valence-corrected chi connectivity index (χ4v) is 4.80. The Balaban J connectivity index is 1.40. The normalized spacial score (nSPS) is 23.7. The van der Waals surface area contributed by atoms with E-state index in [1.807, 2.05) is 0 Å². The molecule has 114 valence electrons. The van der Waals surface area contributed by atoms with Gasteiger partial charge >= 0.3 is 0 Å². The summed E-state index contributed by atoms with van der Waals surface area (Å²) in [6.45, 7) is 6.07. The summed E-state index contributed by atoms with van der Waals surface area (Å²) in [5.74, 6) is 0.265. The number of thiophene rings is 1. The Kier molecular flexibility index (Phi) is 3.73. The number of carbonyl (C=O) groups is 1. The minimum atomic E-state index is 0.265. The summed E-state index contributed by atoms with van der Waals surface area (Å²) in [5.41, 5.74) is 1.44. The van der Waals surface area contributed by atoms with E-state index in [9.17, 15) is 4.79 Å². The van der Waals surface area contributed by atoms with Crippen molar-refractivity contribution in [3.63, 3.8) is 0 Å². The molecule has 0 unspecified atom stereocenters. The van der Waals surface area contributed by atoms with Crippen molar-refractivity contribution in [2.24, 2.45) is 0 Å². The lowest BCUT2D eigenvalue weighted by molar-refractivity contribution is 0.0506. The zero-order valence-electron chi connectivity index (χ0n) is 12.4. The summed E-state index contributed by atoms with van der Waals surface area (Å²) < 4.78 is 0. The van der Waals surface area contributed by atoms with Crippen molar-refractivity contribution in [2.75, 3.05) is 39.3 Å². The highest BCUT2D eigenvalue weighted by Gasteiger charge is 2.30. The fraction of sp³-hybridized carbons (Fsp3) is 0.688. The summed E-state index contributed by atoms with van der Waals surface area (Å²) in [4.78, 5) is 19.7. The summed E-state index contributed by atoms with van der Waals surface area (Å²) in [6.07, 6.45) is 4.91. The molecule has 2 saturated heterocycles. The van der Waals surface area contributed by atoms with Crippen molar-refractivity contribution in [3.05, 3.63) is 21.4 Å². The number of rotatable bonds is 2. The Bertz CT molecular complexity index is 506. The number of piperazine rings is 1. The molecule has 1 aromatic rings. The van der Waals surface area contributed by atoms with Crippen LogP contribution in [0.15, 0.2) is 6.07 Å². The number of hydrogen-bond donors (Lipinski definition) is 1. The first kappa shape index (κ1) is 13.7. The van der Waals surface area contributed by atoms with Crippen LogP contribution in [0, 0.1) is 0 Å². The zero-order chi connectivity index (χ0) is 14.2. The van der Waals surface area contributed by atoms with Crippen LogP contribution in [-0.2, 0) is 12.8 Å². The molecule has 0 aromatic carbocycles. The maximum Gasteiger partial charge on any atom is 0.264 e. The van der Waals surface area contributed by atoms with Crippen LogP contribution in [0.25, 0.3) is 0 Å². The lowest BCUT2D eigenvalue weighted by Crippen LogP contribution is -2.62. The average molecular weight is 305 g/mol. The van der Waals surface area contributed by atoms with Gasteiger partial charge in [-0.25, -0.2) is 0 Å². The van der Waals surface area contributed by atoms with E-state index in [0.29, 0.717) is 6.04 Å². The van der Waals surface area contributed by atoms with Crippen molar-refractivity contribution in [1.29, 1.82) is 0 Å². The maximum absolute atomic E-state index is 12.7. The molecule has 4 nitrogen and oxygen atoms in total. The first-order chi connectivity index (χ1) is 10.3. The van der Waals surface area contributed by atoms with Crippen molar-refractivity contribution < 1.29 is 4.79 Å².